The third-order valence-corrected chi connectivity index (χ3v) is 7.39. The van der Waals surface area contributed by atoms with E-state index in [0.29, 0.717) is 12.2 Å². The van der Waals surface area contributed by atoms with Gasteiger partial charge < -0.3 is 10.2 Å². The van der Waals surface area contributed by atoms with Crippen LogP contribution in [0.15, 0.2) is 53.0 Å². The molecule has 0 fully saturated rings. The van der Waals surface area contributed by atoms with Crippen molar-refractivity contribution in [2.75, 3.05) is 23.7 Å². The first kappa shape index (κ1) is 27.6. The highest BCUT2D eigenvalue weighted by molar-refractivity contribution is 14.1. The molecule has 0 aromatic heterocycles. The lowest BCUT2D eigenvalue weighted by atomic mass is 10.1. The summed E-state index contributed by atoms with van der Waals surface area (Å²) in [5, 5.41) is 2.86. The first-order valence-electron chi connectivity index (χ1n) is 10.6. The molecular weight excluding hydrogens is 621 g/mol. The molecule has 1 unspecified atom stereocenters. The smallest absolute Gasteiger partial charge is 0.244 e. The summed E-state index contributed by atoms with van der Waals surface area (Å²) in [6.45, 7) is 3.98. The maximum Gasteiger partial charge on any atom is 0.244 e. The van der Waals surface area contributed by atoms with Gasteiger partial charge in [-0.05, 0) is 77.9 Å². The number of amides is 2. The molecule has 0 aliphatic carbocycles. The van der Waals surface area contributed by atoms with Crippen LogP contribution >= 0.6 is 38.5 Å². The van der Waals surface area contributed by atoms with Crippen LogP contribution in [0.3, 0.4) is 0 Å². The SMILES string of the molecule is CCCCNC(=O)C(C)N(Cc1cccc(Br)c1)C(=O)CN(c1ccc(I)cc1)S(C)(=O)=O. The largest absolute Gasteiger partial charge is 0.354 e. The van der Waals surface area contributed by atoms with Gasteiger partial charge in [0.1, 0.15) is 12.6 Å². The summed E-state index contributed by atoms with van der Waals surface area (Å²) in [5.74, 6) is -0.732. The molecule has 33 heavy (non-hydrogen) atoms. The van der Waals surface area contributed by atoms with Gasteiger partial charge in [0.05, 0.1) is 11.9 Å². The van der Waals surface area contributed by atoms with Crippen molar-refractivity contribution in [1.29, 1.82) is 0 Å². The number of carbonyl (C=O) groups is 2. The molecule has 0 aliphatic heterocycles. The lowest BCUT2D eigenvalue weighted by molar-refractivity contribution is -0.139. The standard InChI is InChI=1S/C23H29BrIN3O4S/c1-4-5-13-26-23(30)17(2)27(15-18-7-6-8-19(24)14-18)22(29)16-28(33(3,31)32)21-11-9-20(25)10-12-21/h6-12,14,17H,4-5,13,15-16H2,1-3H3,(H,26,30). The van der Waals surface area contributed by atoms with E-state index in [1.54, 1.807) is 31.2 Å². The number of unbranched alkanes of at least 4 members (excludes halogenated alkanes) is 1. The molecule has 0 heterocycles. The third kappa shape index (κ3) is 8.56. The average Bonchev–Trinajstić information content (AvgIpc) is 2.75. The number of anilines is 1. The topological polar surface area (TPSA) is 86.8 Å². The highest BCUT2D eigenvalue weighted by Gasteiger charge is 2.30. The summed E-state index contributed by atoms with van der Waals surface area (Å²) in [7, 11) is -3.73. The average molecular weight is 650 g/mol. The molecule has 0 radical (unpaired) electrons. The molecule has 180 valence electrons. The van der Waals surface area contributed by atoms with Crippen LogP contribution in [0, 0.1) is 3.57 Å². The number of sulfonamides is 1. The number of hydrogen-bond acceptors (Lipinski definition) is 4. The van der Waals surface area contributed by atoms with Gasteiger partial charge in [-0.3, -0.25) is 13.9 Å². The Balaban J connectivity index is 2.33. The third-order valence-electron chi connectivity index (χ3n) is 5.03. The lowest BCUT2D eigenvalue weighted by Gasteiger charge is -2.31. The molecule has 0 aliphatic rings. The predicted molar refractivity (Wildman–Crippen MR) is 143 cm³/mol. The normalized spacial score (nSPS) is 12.2. The van der Waals surface area contributed by atoms with Gasteiger partial charge in [-0.25, -0.2) is 8.42 Å². The number of nitrogens with one attached hydrogen (secondary N) is 1. The minimum atomic E-state index is -3.73. The Morgan fingerprint density at radius 3 is 2.39 bits per heavy atom. The van der Waals surface area contributed by atoms with Crippen LogP contribution < -0.4 is 9.62 Å². The number of nitrogens with zero attached hydrogens (tertiary/aromatic N) is 2. The number of halogens is 2. The van der Waals surface area contributed by atoms with Crippen LogP contribution in [0.2, 0.25) is 0 Å². The summed E-state index contributed by atoms with van der Waals surface area (Å²) in [5.41, 5.74) is 1.22. The van der Waals surface area contributed by atoms with E-state index in [1.807, 2.05) is 31.2 Å². The first-order chi connectivity index (χ1) is 15.5. The maximum atomic E-state index is 13.4. The van der Waals surface area contributed by atoms with E-state index in [9.17, 15) is 18.0 Å². The molecule has 10 heteroatoms. The van der Waals surface area contributed by atoms with Crippen molar-refractivity contribution < 1.29 is 18.0 Å². The van der Waals surface area contributed by atoms with Crippen LogP contribution in [0.4, 0.5) is 5.69 Å². The van der Waals surface area contributed by atoms with Crippen LogP contribution in [-0.2, 0) is 26.2 Å². The first-order valence-corrected chi connectivity index (χ1v) is 14.3. The molecular formula is C23H29BrIN3O4S. The molecule has 1 atom stereocenters. The Hall–Kier alpha value is -1.66. The minimum Gasteiger partial charge on any atom is -0.354 e. The molecule has 0 bridgehead atoms. The van der Waals surface area contributed by atoms with Gasteiger partial charge in [-0.1, -0.05) is 41.4 Å². The molecule has 0 saturated carbocycles. The van der Waals surface area contributed by atoms with Crippen molar-refractivity contribution >= 4 is 66.0 Å². The van der Waals surface area contributed by atoms with E-state index >= 15 is 0 Å². The van der Waals surface area contributed by atoms with Crippen LogP contribution in [0.25, 0.3) is 0 Å². The molecule has 2 amide bonds. The van der Waals surface area contributed by atoms with Crippen molar-refractivity contribution in [2.24, 2.45) is 0 Å². The van der Waals surface area contributed by atoms with Crippen molar-refractivity contribution in [3.8, 4) is 0 Å². The van der Waals surface area contributed by atoms with Crippen molar-refractivity contribution in [1.82, 2.24) is 10.2 Å². The van der Waals surface area contributed by atoms with Gasteiger partial charge in [0.2, 0.25) is 21.8 Å². The minimum absolute atomic E-state index is 0.172. The second-order valence-electron chi connectivity index (χ2n) is 7.72. The van der Waals surface area contributed by atoms with Gasteiger partial charge in [-0.15, -0.1) is 0 Å². The monoisotopic (exact) mass is 649 g/mol. The van der Waals surface area contributed by atoms with E-state index in [4.69, 9.17) is 0 Å². The van der Waals surface area contributed by atoms with Crippen LogP contribution in [-0.4, -0.2) is 50.5 Å². The Bertz CT molecular complexity index is 1060. The van der Waals surface area contributed by atoms with Crippen molar-refractivity contribution in [3.63, 3.8) is 0 Å². The fraction of sp³-hybridized carbons (Fsp3) is 0.391. The predicted octanol–water partition coefficient (Wildman–Crippen LogP) is 4.15. The molecule has 0 spiro atoms. The zero-order valence-electron chi connectivity index (χ0n) is 18.9. The lowest BCUT2D eigenvalue weighted by Crippen LogP contribution is -2.51. The van der Waals surface area contributed by atoms with Gasteiger partial charge in [0.15, 0.2) is 0 Å². The van der Waals surface area contributed by atoms with E-state index in [-0.39, 0.29) is 12.5 Å². The Morgan fingerprint density at radius 1 is 1.15 bits per heavy atom. The Kier molecular flexibility index (Phi) is 10.6. The van der Waals surface area contributed by atoms with Gasteiger partial charge in [0.25, 0.3) is 0 Å². The molecule has 0 saturated heterocycles. The Morgan fingerprint density at radius 2 is 1.82 bits per heavy atom. The highest BCUT2D eigenvalue weighted by Crippen LogP contribution is 2.21. The second-order valence-corrected chi connectivity index (χ2v) is 11.8. The highest BCUT2D eigenvalue weighted by atomic mass is 127. The van der Waals surface area contributed by atoms with Gasteiger partial charge in [0, 0.05) is 21.1 Å². The summed E-state index contributed by atoms with van der Waals surface area (Å²) >= 11 is 5.56. The van der Waals surface area contributed by atoms with Crippen molar-refractivity contribution in [2.45, 2.75) is 39.3 Å². The number of benzene rings is 2. The van der Waals surface area contributed by atoms with E-state index in [1.165, 1.54) is 4.90 Å². The molecule has 2 aromatic rings. The summed E-state index contributed by atoms with van der Waals surface area (Å²) in [6, 6.07) is 13.6. The number of carbonyl (C=O) groups excluding carboxylic acids is 2. The molecule has 2 rings (SSSR count). The summed E-state index contributed by atoms with van der Waals surface area (Å²) in [6.07, 6.45) is 2.85. The van der Waals surface area contributed by atoms with E-state index in [0.717, 1.165) is 37.0 Å². The zero-order chi connectivity index (χ0) is 24.6. The summed E-state index contributed by atoms with van der Waals surface area (Å²) in [4.78, 5) is 27.6. The molecule has 2 aromatic carbocycles. The molecule has 1 N–H and O–H groups in total. The Labute approximate surface area is 218 Å². The van der Waals surface area contributed by atoms with Crippen LogP contribution in [0.5, 0.6) is 0 Å². The van der Waals surface area contributed by atoms with Gasteiger partial charge in [-0.2, -0.15) is 0 Å². The van der Waals surface area contributed by atoms with E-state index < -0.39 is 28.5 Å². The van der Waals surface area contributed by atoms with Gasteiger partial charge >= 0.3 is 0 Å². The summed E-state index contributed by atoms with van der Waals surface area (Å²) < 4.78 is 27.9. The van der Waals surface area contributed by atoms with Crippen molar-refractivity contribution in [3.05, 3.63) is 62.1 Å². The van der Waals surface area contributed by atoms with Crippen LogP contribution in [0.1, 0.15) is 32.3 Å². The second kappa shape index (κ2) is 12.7. The van der Waals surface area contributed by atoms with E-state index in [2.05, 4.69) is 43.8 Å². The number of rotatable bonds is 11. The molecule has 7 nitrogen and oxygen atoms in total. The fourth-order valence-corrected chi connectivity index (χ4v) is 4.83. The number of hydrogen-bond donors (Lipinski definition) is 1. The quantitative estimate of drug-likeness (QED) is 0.293. The zero-order valence-corrected chi connectivity index (χ0v) is 23.5. The fourth-order valence-electron chi connectivity index (χ4n) is 3.17. The maximum absolute atomic E-state index is 13.4.